The Hall–Kier alpha value is -1.31. The molecule has 8 bridgehead atoms. The first-order chi connectivity index (χ1) is 14.0. The van der Waals surface area contributed by atoms with Crippen molar-refractivity contribution in [3.8, 4) is 0 Å². The van der Waals surface area contributed by atoms with Gasteiger partial charge in [-0.3, -0.25) is 0 Å². The third-order valence-electron chi connectivity index (χ3n) is 10.5. The molecule has 1 N–H and O–H groups in total. The molecule has 0 unspecified atom stereocenters. The second-order valence-corrected chi connectivity index (χ2v) is 12.5. The molecule has 8 aliphatic rings. The van der Waals surface area contributed by atoms with Crippen molar-refractivity contribution in [2.75, 3.05) is 0 Å². The Morgan fingerprint density at radius 1 is 0.621 bits per heavy atom. The predicted molar refractivity (Wildman–Crippen MR) is 113 cm³/mol. The molecule has 0 aliphatic heterocycles. The molecule has 1 aromatic carbocycles. The first-order valence-corrected chi connectivity index (χ1v) is 12.4. The topological polar surface area (TPSA) is 37.3 Å². The van der Waals surface area contributed by atoms with Crippen molar-refractivity contribution in [1.82, 2.24) is 0 Å². The number of carbonyl (C=O) groups is 1. The number of aromatic carboxylic acids is 1. The number of benzene rings is 1. The monoisotopic (exact) mass is 390 g/mol. The maximum Gasteiger partial charge on any atom is 0.335 e. The highest BCUT2D eigenvalue weighted by molar-refractivity contribution is 5.88. The van der Waals surface area contributed by atoms with E-state index in [0.717, 1.165) is 35.5 Å². The minimum absolute atomic E-state index is 0.289. The van der Waals surface area contributed by atoms with Gasteiger partial charge in [-0.2, -0.15) is 0 Å². The number of hydrogen-bond acceptors (Lipinski definition) is 1. The molecule has 0 atom stereocenters. The summed E-state index contributed by atoms with van der Waals surface area (Å²) in [6, 6.07) is 6.74. The second kappa shape index (κ2) is 5.68. The Morgan fingerprint density at radius 2 is 0.931 bits per heavy atom. The van der Waals surface area contributed by atoms with Crippen LogP contribution in [0.25, 0.3) is 0 Å². The molecular formula is C27H34O2. The summed E-state index contributed by atoms with van der Waals surface area (Å²) in [6.45, 7) is 0. The Labute approximate surface area is 174 Å². The molecule has 8 saturated carbocycles. The van der Waals surface area contributed by atoms with Gasteiger partial charge < -0.3 is 5.11 Å². The molecule has 0 radical (unpaired) electrons. The quantitative estimate of drug-likeness (QED) is 0.655. The molecule has 0 aromatic heterocycles. The fourth-order valence-electron chi connectivity index (χ4n) is 10.3. The van der Waals surface area contributed by atoms with E-state index < -0.39 is 5.97 Å². The van der Waals surface area contributed by atoms with Gasteiger partial charge in [-0.25, -0.2) is 4.79 Å². The zero-order chi connectivity index (χ0) is 19.4. The first kappa shape index (κ1) is 17.4. The van der Waals surface area contributed by atoms with E-state index in [-0.39, 0.29) is 10.8 Å². The van der Waals surface area contributed by atoms with E-state index >= 15 is 0 Å². The van der Waals surface area contributed by atoms with Gasteiger partial charge in [0.1, 0.15) is 0 Å². The number of hydrogen-bond donors (Lipinski definition) is 1. The molecule has 154 valence electrons. The lowest BCUT2D eigenvalue weighted by atomic mass is 9.46. The van der Waals surface area contributed by atoms with Crippen LogP contribution in [0.3, 0.4) is 0 Å². The van der Waals surface area contributed by atoms with Crippen LogP contribution in [0, 0.1) is 35.5 Å². The Morgan fingerprint density at radius 3 is 1.21 bits per heavy atom. The van der Waals surface area contributed by atoms with Crippen LogP contribution in [0.15, 0.2) is 18.2 Å². The van der Waals surface area contributed by atoms with E-state index in [1.165, 1.54) is 88.2 Å². The average Bonchev–Trinajstić information content (AvgIpc) is 2.65. The molecule has 8 fully saturated rings. The van der Waals surface area contributed by atoms with Crippen LogP contribution in [0.5, 0.6) is 0 Å². The smallest absolute Gasteiger partial charge is 0.335 e. The van der Waals surface area contributed by atoms with Crippen LogP contribution >= 0.6 is 0 Å². The largest absolute Gasteiger partial charge is 0.478 e. The van der Waals surface area contributed by atoms with Crippen LogP contribution in [0.2, 0.25) is 0 Å². The Bertz CT molecular complexity index is 748. The summed E-state index contributed by atoms with van der Waals surface area (Å²) in [5.74, 6) is 4.68. The van der Waals surface area contributed by atoms with Crippen LogP contribution in [-0.2, 0) is 10.8 Å². The van der Waals surface area contributed by atoms with Crippen molar-refractivity contribution in [3.05, 3.63) is 34.9 Å². The molecule has 0 spiro atoms. The molecule has 9 rings (SSSR count). The highest BCUT2D eigenvalue weighted by Gasteiger charge is 2.54. The Kier molecular flexibility index (Phi) is 3.40. The lowest BCUT2D eigenvalue weighted by Crippen LogP contribution is -2.50. The summed E-state index contributed by atoms with van der Waals surface area (Å²) in [5.41, 5.74) is 3.99. The molecule has 2 heteroatoms. The van der Waals surface area contributed by atoms with E-state index in [2.05, 4.69) is 18.2 Å². The van der Waals surface area contributed by atoms with Crippen molar-refractivity contribution >= 4 is 5.97 Å². The summed E-state index contributed by atoms with van der Waals surface area (Å²) in [7, 11) is 0. The highest BCUT2D eigenvalue weighted by Crippen LogP contribution is 2.63. The van der Waals surface area contributed by atoms with E-state index in [0.29, 0.717) is 5.56 Å². The van der Waals surface area contributed by atoms with Gasteiger partial charge in [0.25, 0.3) is 0 Å². The number of carboxylic acid groups (broad SMARTS) is 1. The Balaban J connectivity index is 1.35. The minimum Gasteiger partial charge on any atom is -0.478 e. The zero-order valence-corrected chi connectivity index (χ0v) is 17.5. The van der Waals surface area contributed by atoms with Crippen molar-refractivity contribution in [1.29, 1.82) is 0 Å². The predicted octanol–water partition coefficient (Wildman–Crippen LogP) is 6.32. The molecular weight excluding hydrogens is 356 g/mol. The van der Waals surface area contributed by atoms with Gasteiger partial charge in [0.15, 0.2) is 0 Å². The normalized spacial score (nSPS) is 49.0. The van der Waals surface area contributed by atoms with Gasteiger partial charge in [0.05, 0.1) is 5.56 Å². The summed E-state index contributed by atoms with van der Waals surface area (Å²) in [6.07, 6.45) is 16.6. The standard InChI is InChI=1S/C27H34O2/c28-25(29)22-7-23(26-10-16-1-17(11-26)3-18(2-16)12-26)9-24(8-22)27-13-19-4-20(14-27)6-21(5-19)15-27/h7-9,16-21H,1-6,10-15H2,(H,28,29). The molecule has 29 heavy (non-hydrogen) atoms. The summed E-state index contributed by atoms with van der Waals surface area (Å²) >= 11 is 0. The van der Waals surface area contributed by atoms with E-state index in [9.17, 15) is 9.90 Å². The minimum atomic E-state index is -0.720. The maximum absolute atomic E-state index is 12.2. The van der Waals surface area contributed by atoms with Crippen LogP contribution in [0.4, 0.5) is 0 Å². The van der Waals surface area contributed by atoms with E-state index in [4.69, 9.17) is 0 Å². The lowest BCUT2D eigenvalue weighted by molar-refractivity contribution is -0.00842. The van der Waals surface area contributed by atoms with E-state index in [1.807, 2.05) is 0 Å². The zero-order valence-electron chi connectivity index (χ0n) is 17.5. The van der Waals surface area contributed by atoms with Crippen molar-refractivity contribution < 1.29 is 9.90 Å². The fourth-order valence-corrected chi connectivity index (χ4v) is 10.3. The van der Waals surface area contributed by atoms with Crippen LogP contribution < -0.4 is 0 Å². The van der Waals surface area contributed by atoms with Gasteiger partial charge in [0, 0.05) is 0 Å². The highest BCUT2D eigenvalue weighted by atomic mass is 16.4. The number of carboxylic acids is 1. The molecule has 1 aromatic rings. The van der Waals surface area contributed by atoms with Crippen LogP contribution in [0.1, 0.15) is 98.5 Å². The maximum atomic E-state index is 12.2. The van der Waals surface area contributed by atoms with Crippen LogP contribution in [-0.4, -0.2) is 11.1 Å². The number of rotatable bonds is 3. The van der Waals surface area contributed by atoms with Crippen molar-refractivity contribution in [3.63, 3.8) is 0 Å². The molecule has 0 amide bonds. The molecule has 8 aliphatic carbocycles. The van der Waals surface area contributed by atoms with E-state index in [1.54, 1.807) is 0 Å². The first-order valence-electron chi connectivity index (χ1n) is 12.4. The third kappa shape index (κ3) is 2.50. The van der Waals surface area contributed by atoms with Gasteiger partial charge >= 0.3 is 5.97 Å². The fraction of sp³-hybridized carbons (Fsp3) is 0.741. The average molecular weight is 391 g/mol. The van der Waals surface area contributed by atoms with Gasteiger partial charge in [-0.15, -0.1) is 0 Å². The molecule has 0 saturated heterocycles. The lowest BCUT2D eigenvalue weighted by Gasteiger charge is -2.58. The van der Waals surface area contributed by atoms with Gasteiger partial charge in [0.2, 0.25) is 0 Å². The summed E-state index contributed by atoms with van der Waals surface area (Å²) in [5, 5.41) is 10.00. The van der Waals surface area contributed by atoms with Crippen molar-refractivity contribution in [2.45, 2.75) is 87.9 Å². The molecule has 2 nitrogen and oxygen atoms in total. The van der Waals surface area contributed by atoms with Gasteiger partial charge in [-0.1, -0.05) is 6.07 Å². The third-order valence-corrected chi connectivity index (χ3v) is 10.5. The second-order valence-electron chi connectivity index (χ2n) is 12.5. The van der Waals surface area contributed by atoms with Gasteiger partial charge in [-0.05, 0) is 147 Å². The molecule has 0 heterocycles. The summed E-state index contributed by atoms with van der Waals surface area (Å²) < 4.78 is 0. The summed E-state index contributed by atoms with van der Waals surface area (Å²) in [4.78, 5) is 12.2. The SMILES string of the molecule is O=C(O)c1cc(C23CC4CC(CC(C4)C2)C3)cc(C23CC4CC(CC(C4)C2)C3)c1. The van der Waals surface area contributed by atoms with Crippen molar-refractivity contribution in [2.24, 2.45) is 35.5 Å².